The Kier molecular flexibility index (Phi) is 3.59. The molecule has 5 nitrogen and oxygen atoms in total. The third-order valence-corrected chi connectivity index (χ3v) is 4.65. The molecule has 0 bridgehead atoms. The Labute approximate surface area is 126 Å². The number of anilines is 1. The Morgan fingerprint density at radius 1 is 1.48 bits per heavy atom. The predicted molar refractivity (Wildman–Crippen MR) is 82.4 cm³/mol. The number of hydrogen-bond acceptors (Lipinski definition) is 4. The van der Waals surface area contributed by atoms with Gasteiger partial charge in [-0.2, -0.15) is 0 Å². The largest absolute Gasteiger partial charge is 0.355 e. The molecule has 1 amide bonds. The highest BCUT2D eigenvalue weighted by Crippen LogP contribution is 2.37. The van der Waals surface area contributed by atoms with Crippen molar-refractivity contribution in [2.75, 3.05) is 25.5 Å². The lowest BCUT2D eigenvalue weighted by molar-refractivity contribution is -0.126. The number of nitrogens with zero attached hydrogens (tertiary/aromatic N) is 3. The van der Waals surface area contributed by atoms with Gasteiger partial charge < -0.3 is 10.2 Å². The topological polar surface area (TPSA) is 58.1 Å². The predicted octanol–water partition coefficient (Wildman–Crippen LogP) is 1.66. The maximum absolute atomic E-state index is 12.7. The summed E-state index contributed by atoms with van der Waals surface area (Å²) >= 11 is 0. The lowest BCUT2D eigenvalue weighted by Gasteiger charge is -2.33. The van der Waals surface area contributed by atoms with Crippen molar-refractivity contribution >= 4 is 11.9 Å². The van der Waals surface area contributed by atoms with E-state index in [1.165, 1.54) is 12.8 Å². The minimum absolute atomic E-state index is 0.124. The molecule has 3 rings (SSSR count). The van der Waals surface area contributed by atoms with E-state index in [1.807, 2.05) is 32.1 Å². The summed E-state index contributed by atoms with van der Waals surface area (Å²) in [5.74, 6) is 1.50. The second-order valence-corrected chi connectivity index (χ2v) is 6.78. The Balaban J connectivity index is 1.89. The molecule has 114 valence electrons. The molecule has 1 heterocycles. The van der Waals surface area contributed by atoms with Crippen LogP contribution in [0.2, 0.25) is 0 Å². The summed E-state index contributed by atoms with van der Waals surface area (Å²) < 4.78 is 0. The smallest absolute Gasteiger partial charge is 0.231 e. The van der Waals surface area contributed by atoms with Crippen molar-refractivity contribution in [2.24, 2.45) is 5.92 Å². The molecule has 1 atom stereocenters. The molecule has 0 aliphatic heterocycles. The molecule has 0 aromatic carbocycles. The average molecular weight is 288 g/mol. The van der Waals surface area contributed by atoms with Crippen LogP contribution in [0.3, 0.4) is 0 Å². The number of rotatable bonds is 4. The van der Waals surface area contributed by atoms with Crippen LogP contribution in [0.5, 0.6) is 0 Å². The van der Waals surface area contributed by atoms with Crippen LogP contribution < -0.4 is 10.2 Å². The minimum atomic E-state index is -0.518. The zero-order valence-electron chi connectivity index (χ0n) is 13.1. The SMILES string of the molecule is CN(C)c1ncc2c(n1)C(C)(C(=O)NCC1CC1)CCC2. The van der Waals surface area contributed by atoms with E-state index in [2.05, 4.69) is 15.3 Å². The second-order valence-electron chi connectivity index (χ2n) is 6.78. The third kappa shape index (κ3) is 2.74. The number of fused-ring (bicyclic) bond motifs is 1. The second kappa shape index (κ2) is 5.28. The Hall–Kier alpha value is -1.65. The summed E-state index contributed by atoms with van der Waals surface area (Å²) in [6.07, 6.45) is 7.24. The fourth-order valence-electron chi connectivity index (χ4n) is 3.00. The van der Waals surface area contributed by atoms with E-state index in [9.17, 15) is 4.79 Å². The first-order chi connectivity index (χ1) is 10.0. The third-order valence-electron chi connectivity index (χ3n) is 4.65. The van der Waals surface area contributed by atoms with Gasteiger partial charge in [0.1, 0.15) is 0 Å². The van der Waals surface area contributed by atoms with Gasteiger partial charge in [-0.15, -0.1) is 0 Å². The van der Waals surface area contributed by atoms with E-state index < -0.39 is 5.41 Å². The standard InChI is InChI=1S/C16H24N4O/c1-16(14(21)17-9-11-6-7-11)8-4-5-12-10-18-15(20(2)3)19-13(12)16/h10-11H,4-9H2,1-3H3,(H,17,21). The van der Waals surface area contributed by atoms with E-state index in [-0.39, 0.29) is 5.91 Å². The number of nitrogens with one attached hydrogen (secondary N) is 1. The highest BCUT2D eigenvalue weighted by molar-refractivity contribution is 5.88. The maximum atomic E-state index is 12.7. The molecule has 0 spiro atoms. The number of amides is 1. The molecule has 1 aromatic heterocycles. The number of aryl methyl sites for hydroxylation is 1. The van der Waals surface area contributed by atoms with E-state index in [0.29, 0.717) is 11.9 Å². The highest BCUT2D eigenvalue weighted by atomic mass is 16.2. The van der Waals surface area contributed by atoms with E-state index in [4.69, 9.17) is 0 Å². The molecular weight excluding hydrogens is 264 g/mol. The monoisotopic (exact) mass is 288 g/mol. The van der Waals surface area contributed by atoms with Crippen molar-refractivity contribution in [1.82, 2.24) is 15.3 Å². The van der Waals surface area contributed by atoms with Crippen molar-refractivity contribution < 1.29 is 4.79 Å². The summed E-state index contributed by atoms with van der Waals surface area (Å²) in [7, 11) is 3.85. The van der Waals surface area contributed by atoms with Gasteiger partial charge in [-0.25, -0.2) is 9.97 Å². The van der Waals surface area contributed by atoms with Gasteiger partial charge in [-0.05, 0) is 50.5 Å². The van der Waals surface area contributed by atoms with Gasteiger partial charge in [0.15, 0.2) is 0 Å². The van der Waals surface area contributed by atoms with Crippen LogP contribution in [0.25, 0.3) is 0 Å². The van der Waals surface area contributed by atoms with Crippen molar-refractivity contribution in [3.63, 3.8) is 0 Å². The van der Waals surface area contributed by atoms with Crippen LogP contribution in [-0.2, 0) is 16.6 Å². The summed E-state index contributed by atoms with van der Waals surface area (Å²) in [6.45, 7) is 2.84. The molecule has 1 N–H and O–H groups in total. The first-order valence-electron chi connectivity index (χ1n) is 7.83. The summed E-state index contributed by atoms with van der Waals surface area (Å²) in [6, 6.07) is 0. The first-order valence-corrected chi connectivity index (χ1v) is 7.83. The number of carbonyl (C=O) groups is 1. The molecule has 1 saturated carbocycles. The van der Waals surface area contributed by atoms with Crippen LogP contribution in [0.4, 0.5) is 5.95 Å². The first kappa shape index (κ1) is 14.3. The van der Waals surface area contributed by atoms with E-state index in [0.717, 1.165) is 37.1 Å². The average Bonchev–Trinajstić information content (AvgIpc) is 3.29. The van der Waals surface area contributed by atoms with Crippen molar-refractivity contribution in [3.05, 3.63) is 17.5 Å². The van der Waals surface area contributed by atoms with E-state index in [1.54, 1.807) is 0 Å². The molecule has 2 aliphatic rings. The van der Waals surface area contributed by atoms with Crippen LogP contribution >= 0.6 is 0 Å². The van der Waals surface area contributed by atoms with Gasteiger partial charge in [-0.3, -0.25) is 4.79 Å². The van der Waals surface area contributed by atoms with Gasteiger partial charge in [-0.1, -0.05) is 0 Å². The Morgan fingerprint density at radius 3 is 2.90 bits per heavy atom. The van der Waals surface area contributed by atoms with Gasteiger partial charge in [0, 0.05) is 26.8 Å². The quantitative estimate of drug-likeness (QED) is 0.915. The fourth-order valence-corrected chi connectivity index (χ4v) is 3.00. The maximum Gasteiger partial charge on any atom is 0.231 e. The van der Waals surface area contributed by atoms with Gasteiger partial charge >= 0.3 is 0 Å². The van der Waals surface area contributed by atoms with Crippen molar-refractivity contribution in [2.45, 2.75) is 44.4 Å². The van der Waals surface area contributed by atoms with Crippen molar-refractivity contribution in [3.8, 4) is 0 Å². The van der Waals surface area contributed by atoms with Crippen molar-refractivity contribution in [1.29, 1.82) is 0 Å². The van der Waals surface area contributed by atoms with Crippen LogP contribution in [0, 0.1) is 5.92 Å². The molecule has 0 saturated heterocycles. The highest BCUT2D eigenvalue weighted by Gasteiger charge is 2.41. The molecule has 0 radical (unpaired) electrons. The lowest BCUT2D eigenvalue weighted by atomic mass is 9.74. The molecular formula is C16H24N4O. The molecule has 5 heteroatoms. The zero-order valence-corrected chi connectivity index (χ0v) is 13.1. The summed E-state index contributed by atoms with van der Waals surface area (Å²) in [5, 5.41) is 3.13. The Bertz CT molecular complexity index is 553. The van der Waals surface area contributed by atoms with Crippen LogP contribution in [0.1, 0.15) is 43.9 Å². The van der Waals surface area contributed by atoms with Gasteiger partial charge in [0.2, 0.25) is 11.9 Å². The fraction of sp³-hybridized carbons (Fsp3) is 0.688. The van der Waals surface area contributed by atoms with Crippen LogP contribution in [-0.4, -0.2) is 36.5 Å². The lowest BCUT2D eigenvalue weighted by Crippen LogP contribution is -2.46. The zero-order chi connectivity index (χ0) is 15.0. The normalized spacial score (nSPS) is 24.3. The summed E-state index contributed by atoms with van der Waals surface area (Å²) in [4.78, 5) is 23.7. The number of aromatic nitrogens is 2. The molecule has 1 unspecified atom stereocenters. The minimum Gasteiger partial charge on any atom is -0.355 e. The van der Waals surface area contributed by atoms with Crippen LogP contribution in [0.15, 0.2) is 6.20 Å². The molecule has 1 aromatic rings. The molecule has 2 aliphatic carbocycles. The van der Waals surface area contributed by atoms with Gasteiger partial charge in [0.25, 0.3) is 0 Å². The molecule has 21 heavy (non-hydrogen) atoms. The van der Waals surface area contributed by atoms with Gasteiger partial charge in [0.05, 0.1) is 11.1 Å². The molecule has 1 fully saturated rings. The number of hydrogen-bond donors (Lipinski definition) is 1. The van der Waals surface area contributed by atoms with E-state index >= 15 is 0 Å². The summed E-state index contributed by atoms with van der Waals surface area (Å²) in [5.41, 5.74) is 1.52. The number of carbonyl (C=O) groups excluding carboxylic acids is 1. The Morgan fingerprint density at radius 2 is 2.24 bits per heavy atom.